The Hall–Kier alpha value is -3.31. The summed E-state index contributed by atoms with van der Waals surface area (Å²) in [5.74, 6) is 0.795. The standard InChI is InChI=1S/C30H33N3O2/c1-21(2)35-29-15-13-25(19-31-29)30-27-17-23(11-12-24(27)18-32-30)28(34)20-33-16-6-9-26(33)14-10-22-7-4-3-5-8-22/h3-5,7-8,11-13,15,17,19,21,26H,6,9-10,14,16,18,20H2,1-2H3. The molecular weight excluding hydrogens is 434 g/mol. The average molecular weight is 468 g/mol. The second-order valence-corrected chi connectivity index (χ2v) is 9.80. The van der Waals surface area contributed by atoms with Gasteiger partial charge in [-0.15, -0.1) is 0 Å². The van der Waals surface area contributed by atoms with Gasteiger partial charge in [-0.05, 0) is 69.3 Å². The minimum Gasteiger partial charge on any atom is -0.475 e. The van der Waals surface area contributed by atoms with E-state index in [9.17, 15) is 4.79 Å². The van der Waals surface area contributed by atoms with Crippen LogP contribution in [0.3, 0.4) is 0 Å². The maximum absolute atomic E-state index is 13.3. The van der Waals surface area contributed by atoms with Crippen LogP contribution in [0.5, 0.6) is 5.88 Å². The van der Waals surface area contributed by atoms with Crippen molar-refractivity contribution in [1.82, 2.24) is 9.88 Å². The summed E-state index contributed by atoms with van der Waals surface area (Å²) in [7, 11) is 0. The van der Waals surface area contributed by atoms with Gasteiger partial charge in [-0.1, -0.05) is 42.5 Å². The molecule has 0 saturated carbocycles. The van der Waals surface area contributed by atoms with Crippen molar-refractivity contribution in [2.45, 2.75) is 58.2 Å². The van der Waals surface area contributed by atoms with Crippen molar-refractivity contribution in [2.75, 3.05) is 13.1 Å². The number of rotatable bonds is 9. The highest BCUT2D eigenvalue weighted by atomic mass is 16.5. The van der Waals surface area contributed by atoms with Gasteiger partial charge in [0.1, 0.15) is 0 Å². The lowest BCUT2D eigenvalue weighted by atomic mass is 9.97. The predicted molar refractivity (Wildman–Crippen MR) is 139 cm³/mol. The van der Waals surface area contributed by atoms with Crippen molar-refractivity contribution in [3.8, 4) is 5.88 Å². The number of ketones is 1. The van der Waals surface area contributed by atoms with E-state index in [2.05, 4.69) is 46.3 Å². The second-order valence-electron chi connectivity index (χ2n) is 9.80. The highest BCUT2D eigenvalue weighted by Crippen LogP contribution is 2.26. The number of Topliss-reactive ketones (excluding diaryl/α,β-unsaturated/α-hetero) is 1. The Bertz CT molecular complexity index is 1200. The van der Waals surface area contributed by atoms with Crippen LogP contribution < -0.4 is 4.74 Å². The van der Waals surface area contributed by atoms with Crippen LogP contribution in [0.2, 0.25) is 0 Å². The summed E-state index contributed by atoms with van der Waals surface area (Å²) in [6.45, 7) is 6.09. The quantitative estimate of drug-likeness (QED) is 0.390. The van der Waals surface area contributed by atoms with Crippen molar-refractivity contribution >= 4 is 11.5 Å². The molecule has 1 unspecified atom stereocenters. The number of carbonyl (C=O) groups excluding carboxylic acids is 1. The number of aliphatic imine (C=N–C) groups is 1. The number of nitrogens with zero attached hydrogens (tertiary/aromatic N) is 3. The van der Waals surface area contributed by atoms with Crippen molar-refractivity contribution < 1.29 is 9.53 Å². The molecule has 5 rings (SSSR count). The fourth-order valence-electron chi connectivity index (χ4n) is 5.12. The summed E-state index contributed by atoms with van der Waals surface area (Å²) in [6.07, 6.45) is 6.38. The Labute approximate surface area is 207 Å². The van der Waals surface area contributed by atoms with Gasteiger partial charge in [0.25, 0.3) is 0 Å². The van der Waals surface area contributed by atoms with Gasteiger partial charge < -0.3 is 4.74 Å². The summed E-state index contributed by atoms with van der Waals surface area (Å²) in [4.78, 5) is 24.9. The Morgan fingerprint density at radius 2 is 1.97 bits per heavy atom. The number of aryl methyl sites for hydroxylation is 1. The van der Waals surface area contributed by atoms with Crippen LogP contribution in [0, 0.1) is 0 Å². The Morgan fingerprint density at radius 3 is 2.74 bits per heavy atom. The molecule has 1 saturated heterocycles. The molecule has 2 aliphatic rings. The number of hydrogen-bond donors (Lipinski definition) is 0. The molecule has 1 fully saturated rings. The number of pyridine rings is 1. The molecule has 2 aliphatic heterocycles. The smallest absolute Gasteiger partial charge is 0.213 e. The van der Waals surface area contributed by atoms with E-state index in [-0.39, 0.29) is 11.9 Å². The minimum atomic E-state index is 0.0833. The molecule has 1 aromatic heterocycles. The zero-order valence-corrected chi connectivity index (χ0v) is 20.6. The third-order valence-corrected chi connectivity index (χ3v) is 6.92. The predicted octanol–water partition coefficient (Wildman–Crippen LogP) is 5.50. The maximum Gasteiger partial charge on any atom is 0.213 e. The molecule has 0 N–H and O–H groups in total. The van der Waals surface area contributed by atoms with E-state index in [1.165, 1.54) is 12.0 Å². The first-order chi connectivity index (χ1) is 17.1. The van der Waals surface area contributed by atoms with Crippen LogP contribution in [0.4, 0.5) is 0 Å². The van der Waals surface area contributed by atoms with E-state index in [1.807, 2.05) is 44.3 Å². The molecule has 3 heterocycles. The normalized spacial score (nSPS) is 17.5. The first-order valence-corrected chi connectivity index (χ1v) is 12.7. The lowest BCUT2D eigenvalue weighted by Gasteiger charge is -2.24. The van der Waals surface area contributed by atoms with Gasteiger partial charge in [-0.25, -0.2) is 4.98 Å². The molecule has 35 heavy (non-hydrogen) atoms. The SMILES string of the molecule is CC(C)Oc1ccc(C2=NCc3ccc(C(=O)CN4CCCC4CCc4ccccc4)cc32)cn1. The molecule has 0 bridgehead atoms. The van der Waals surface area contributed by atoms with E-state index in [1.54, 1.807) is 0 Å². The van der Waals surface area contributed by atoms with Crippen LogP contribution in [0.1, 0.15) is 65.7 Å². The van der Waals surface area contributed by atoms with E-state index >= 15 is 0 Å². The average Bonchev–Trinajstić information content (AvgIpc) is 3.50. The summed E-state index contributed by atoms with van der Waals surface area (Å²) in [6, 6.07) is 21.0. The summed E-state index contributed by atoms with van der Waals surface area (Å²) < 4.78 is 5.67. The number of benzene rings is 2. The lowest BCUT2D eigenvalue weighted by Crippen LogP contribution is -2.34. The minimum absolute atomic E-state index is 0.0833. The number of ether oxygens (including phenoxy) is 1. The van der Waals surface area contributed by atoms with Gasteiger partial charge in [0, 0.05) is 35.0 Å². The second kappa shape index (κ2) is 10.5. The lowest BCUT2D eigenvalue weighted by molar-refractivity contribution is 0.0918. The molecule has 0 aliphatic carbocycles. The van der Waals surface area contributed by atoms with Crippen molar-refractivity contribution in [3.05, 3.63) is 94.7 Å². The monoisotopic (exact) mass is 467 g/mol. The summed E-state index contributed by atoms with van der Waals surface area (Å²) in [5, 5.41) is 0. The van der Waals surface area contributed by atoms with E-state index < -0.39 is 0 Å². The molecule has 3 aromatic rings. The fraction of sp³-hybridized carbons (Fsp3) is 0.367. The van der Waals surface area contributed by atoms with Crippen molar-refractivity contribution in [1.29, 1.82) is 0 Å². The van der Waals surface area contributed by atoms with Gasteiger partial charge in [0.05, 0.1) is 24.9 Å². The Balaban J connectivity index is 1.26. The van der Waals surface area contributed by atoms with Crippen molar-refractivity contribution in [3.63, 3.8) is 0 Å². The van der Waals surface area contributed by atoms with Gasteiger partial charge in [0.2, 0.25) is 5.88 Å². The van der Waals surface area contributed by atoms with Crippen LogP contribution >= 0.6 is 0 Å². The Kier molecular flexibility index (Phi) is 7.05. The topological polar surface area (TPSA) is 54.8 Å². The maximum atomic E-state index is 13.3. The van der Waals surface area contributed by atoms with E-state index in [0.29, 0.717) is 25.0 Å². The van der Waals surface area contributed by atoms with E-state index in [4.69, 9.17) is 9.73 Å². The van der Waals surface area contributed by atoms with Gasteiger partial charge in [-0.3, -0.25) is 14.7 Å². The van der Waals surface area contributed by atoms with E-state index in [0.717, 1.165) is 53.8 Å². The third-order valence-electron chi connectivity index (χ3n) is 6.92. The molecule has 0 amide bonds. The number of hydrogen-bond acceptors (Lipinski definition) is 5. The first-order valence-electron chi connectivity index (χ1n) is 12.7. The largest absolute Gasteiger partial charge is 0.475 e. The molecule has 5 nitrogen and oxygen atoms in total. The van der Waals surface area contributed by atoms with Crippen LogP contribution in [-0.2, 0) is 13.0 Å². The van der Waals surface area contributed by atoms with Gasteiger partial charge >= 0.3 is 0 Å². The zero-order valence-electron chi connectivity index (χ0n) is 20.6. The number of fused-ring (bicyclic) bond motifs is 1. The highest BCUT2D eigenvalue weighted by Gasteiger charge is 2.27. The van der Waals surface area contributed by atoms with Gasteiger partial charge in [0.15, 0.2) is 5.78 Å². The molecule has 2 aromatic carbocycles. The summed E-state index contributed by atoms with van der Waals surface area (Å²) >= 11 is 0. The number of likely N-dealkylation sites (tertiary alicyclic amines) is 1. The zero-order chi connectivity index (χ0) is 24.2. The molecule has 5 heteroatoms. The fourth-order valence-corrected chi connectivity index (χ4v) is 5.12. The van der Waals surface area contributed by atoms with Crippen molar-refractivity contribution in [2.24, 2.45) is 4.99 Å². The molecular formula is C30H33N3O2. The number of carbonyl (C=O) groups is 1. The summed E-state index contributed by atoms with van der Waals surface area (Å²) in [5.41, 5.74) is 6.18. The highest BCUT2D eigenvalue weighted by molar-refractivity contribution is 6.16. The molecule has 180 valence electrons. The Morgan fingerprint density at radius 1 is 1.11 bits per heavy atom. The molecule has 0 radical (unpaired) electrons. The van der Waals surface area contributed by atoms with Gasteiger partial charge in [-0.2, -0.15) is 0 Å². The molecule has 1 atom stereocenters. The third kappa shape index (κ3) is 5.51. The number of aromatic nitrogens is 1. The molecule has 0 spiro atoms. The van der Waals surface area contributed by atoms with Crippen LogP contribution in [0.15, 0.2) is 71.9 Å². The van der Waals surface area contributed by atoms with Crippen LogP contribution in [0.25, 0.3) is 0 Å². The van der Waals surface area contributed by atoms with Crippen LogP contribution in [-0.4, -0.2) is 46.6 Å². The first kappa shape index (κ1) is 23.4.